The molecule has 0 aliphatic heterocycles. The summed E-state index contributed by atoms with van der Waals surface area (Å²) < 4.78 is 35.4. The van der Waals surface area contributed by atoms with Crippen molar-refractivity contribution in [2.75, 3.05) is 0 Å². The molecule has 5 nitrogen and oxygen atoms in total. The average Bonchev–Trinajstić information content (AvgIpc) is 2.84. The van der Waals surface area contributed by atoms with E-state index in [1.54, 1.807) is 0 Å². The first-order valence-corrected chi connectivity index (χ1v) is 9.60. The van der Waals surface area contributed by atoms with Crippen LogP contribution in [0.2, 0.25) is 0 Å². The van der Waals surface area contributed by atoms with Crippen molar-refractivity contribution in [1.82, 2.24) is 0 Å². The Kier molecular flexibility index (Phi) is 5.58. The van der Waals surface area contributed by atoms with Crippen LogP contribution < -0.4 is 4.57 Å². The van der Waals surface area contributed by atoms with Crippen molar-refractivity contribution in [2.24, 2.45) is 0 Å². The van der Waals surface area contributed by atoms with E-state index in [9.17, 15) is 13.0 Å². The Morgan fingerprint density at radius 1 is 1.17 bits per heavy atom. The van der Waals surface area contributed by atoms with Crippen molar-refractivity contribution in [1.29, 1.82) is 0 Å². The Morgan fingerprint density at radius 2 is 1.83 bits per heavy atom. The van der Waals surface area contributed by atoms with Gasteiger partial charge in [-0.05, 0) is 37.6 Å². The number of aromatic hydroxyl groups is 1. The second-order valence-electron chi connectivity index (χ2n) is 5.24. The zero-order chi connectivity index (χ0) is 17.9. The van der Waals surface area contributed by atoms with Crippen LogP contribution in [0.15, 0.2) is 47.4 Å². The molecular formula is C17H19NO4S2. The van der Waals surface area contributed by atoms with E-state index < -0.39 is 10.1 Å². The molecule has 24 heavy (non-hydrogen) atoms. The largest absolute Gasteiger partial charge is 0.744 e. The summed E-state index contributed by atoms with van der Waals surface area (Å²) in [6.07, 6.45) is 0. The van der Waals surface area contributed by atoms with Gasteiger partial charge in [0, 0.05) is 13.0 Å². The van der Waals surface area contributed by atoms with Gasteiger partial charge in [0.05, 0.1) is 4.90 Å². The molecule has 0 amide bonds. The maximum atomic E-state index is 10.5. The van der Waals surface area contributed by atoms with Gasteiger partial charge >= 0.3 is 0 Å². The number of hydrogen-bond donors (Lipinski definition) is 1. The van der Waals surface area contributed by atoms with Crippen LogP contribution in [0.4, 0.5) is 0 Å². The fourth-order valence-electron chi connectivity index (χ4n) is 2.40. The van der Waals surface area contributed by atoms with Gasteiger partial charge in [0.1, 0.15) is 27.1 Å². The molecule has 7 heteroatoms. The first-order chi connectivity index (χ1) is 11.2. The highest BCUT2D eigenvalue weighted by Gasteiger charge is 2.13. The molecule has 0 aliphatic carbocycles. The standard InChI is InChI=1S/C10H12NS.C7H8O4S/c1-3-11-8(2)12-10-7-5-4-6-9(10)11;1-5-2-3-6(8)4-7(5)12(9,10)11/h4-7H,3H2,1-2H3;2-4,8H,1H3,(H,9,10,11)/q+1;/p-1. The molecule has 2 aromatic carbocycles. The number of phenolic OH excluding ortho intramolecular Hbond substituents is 1. The number of aryl methyl sites for hydroxylation is 3. The number of nitrogens with zero attached hydrogens (tertiary/aromatic N) is 1. The van der Waals surface area contributed by atoms with Crippen LogP contribution in [0.25, 0.3) is 10.2 Å². The van der Waals surface area contributed by atoms with E-state index in [0.717, 1.165) is 12.6 Å². The van der Waals surface area contributed by atoms with Crippen LogP contribution in [0.1, 0.15) is 17.5 Å². The highest BCUT2D eigenvalue weighted by Crippen LogP contribution is 2.20. The number of rotatable bonds is 2. The minimum Gasteiger partial charge on any atom is -0.744 e. The summed E-state index contributed by atoms with van der Waals surface area (Å²) in [6, 6.07) is 12.2. The van der Waals surface area contributed by atoms with E-state index in [1.165, 1.54) is 34.3 Å². The second-order valence-corrected chi connectivity index (χ2v) is 7.82. The summed E-state index contributed by atoms with van der Waals surface area (Å²) in [7, 11) is -4.47. The second kappa shape index (κ2) is 7.29. The quantitative estimate of drug-likeness (QED) is 0.559. The van der Waals surface area contributed by atoms with Gasteiger partial charge in [0.25, 0.3) is 0 Å². The Labute approximate surface area is 145 Å². The zero-order valence-corrected chi connectivity index (χ0v) is 15.3. The maximum absolute atomic E-state index is 10.5. The number of fused-ring (bicyclic) bond motifs is 1. The van der Waals surface area contributed by atoms with Crippen LogP contribution in [0.5, 0.6) is 5.75 Å². The number of aromatic nitrogens is 1. The lowest BCUT2D eigenvalue weighted by Gasteiger charge is -2.09. The van der Waals surface area contributed by atoms with Crippen molar-refractivity contribution in [2.45, 2.75) is 32.2 Å². The van der Waals surface area contributed by atoms with Gasteiger partial charge in [-0.25, -0.2) is 8.42 Å². The van der Waals surface area contributed by atoms with Crippen LogP contribution in [0.3, 0.4) is 0 Å². The number of hydrogen-bond acceptors (Lipinski definition) is 5. The van der Waals surface area contributed by atoms with Crippen LogP contribution in [-0.2, 0) is 16.7 Å². The Bertz CT molecular complexity index is 962. The maximum Gasteiger partial charge on any atom is 0.235 e. The summed E-state index contributed by atoms with van der Waals surface area (Å²) >= 11 is 1.87. The molecule has 0 spiro atoms. The van der Waals surface area contributed by atoms with E-state index in [-0.39, 0.29) is 10.6 Å². The Balaban J connectivity index is 0.000000174. The van der Waals surface area contributed by atoms with Gasteiger partial charge in [-0.3, -0.25) is 0 Å². The van der Waals surface area contributed by atoms with Gasteiger partial charge in [-0.2, -0.15) is 4.57 Å². The molecular weight excluding hydrogens is 346 g/mol. The van der Waals surface area contributed by atoms with Crippen molar-refractivity contribution < 1.29 is 22.6 Å². The molecule has 3 rings (SSSR count). The third-order valence-corrected chi connectivity index (χ3v) is 5.61. The molecule has 0 saturated heterocycles. The van der Waals surface area contributed by atoms with E-state index in [4.69, 9.17) is 5.11 Å². The predicted molar refractivity (Wildman–Crippen MR) is 93.2 cm³/mol. The molecule has 128 valence electrons. The lowest BCUT2D eigenvalue weighted by molar-refractivity contribution is -0.669. The topological polar surface area (TPSA) is 81.3 Å². The minimum atomic E-state index is -4.47. The summed E-state index contributed by atoms with van der Waals surface area (Å²) in [5, 5.41) is 10.3. The monoisotopic (exact) mass is 365 g/mol. The van der Waals surface area contributed by atoms with Crippen LogP contribution in [-0.4, -0.2) is 18.1 Å². The number of thiazole rings is 1. The molecule has 1 heterocycles. The summed E-state index contributed by atoms with van der Waals surface area (Å²) in [5.41, 5.74) is 1.70. The molecule has 0 saturated carbocycles. The lowest BCUT2D eigenvalue weighted by Crippen LogP contribution is -2.33. The third-order valence-electron chi connectivity index (χ3n) is 3.55. The molecule has 3 aromatic rings. The molecule has 0 bridgehead atoms. The van der Waals surface area contributed by atoms with Crippen LogP contribution in [0, 0.1) is 13.8 Å². The van der Waals surface area contributed by atoms with Gasteiger partial charge in [-0.1, -0.05) is 29.5 Å². The summed E-state index contributed by atoms with van der Waals surface area (Å²) in [5.74, 6) is -0.227. The molecule has 0 radical (unpaired) electrons. The van der Waals surface area contributed by atoms with E-state index in [2.05, 4.69) is 42.7 Å². The van der Waals surface area contributed by atoms with Gasteiger partial charge in [0.15, 0.2) is 0 Å². The number of benzene rings is 2. The fraction of sp³-hybridized carbons (Fsp3) is 0.235. The highest BCUT2D eigenvalue weighted by molar-refractivity contribution is 7.85. The smallest absolute Gasteiger partial charge is 0.235 e. The summed E-state index contributed by atoms with van der Waals surface area (Å²) in [4.78, 5) is -0.373. The molecule has 1 aromatic heterocycles. The average molecular weight is 365 g/mol. The first-order valence-electron chi connectivity index (χ1n) is 7.37. The van der Waals surface area contributed by atoms with Crippen molar-refractivity contribution in [3.63, 3.8) is 0 Å². The first kappa shape index (κ1) is 18.4. The van der Waals surface area contributed by atoms with E-state index in [1.807, 2.05) is 11.3 Å². The van der Waals surface area contributed by atoms with Crippen molar-refractivity contribution >= 4 is 31.7 Å². The molecule has 0 atom stereocenters. The van der Waals surface area contributed by atoms with E-state index in [0.29, 0.717) is 5.56 Å². The zero-order valence-electron chi connectivity index (χ0n) is 13.7. The Hall–Kier alpha value is -1.96. The third kappa shape index (κ3) is 4.11. The normalized spacial score (nSPS) is 11.2. The highest BCUT2D eigenvalue weighted by atomic mass is 32.2. The molecule has 0 unspecified atom stereocenters. The van der Waals surface area contributed by atoms with Crippen LogP contribution >= 0.6 is 11.3 Å². The summed E-state index contributed by atoms with van der Waals surface area (Å²) in [6.45, 7) is 6.92. The van der Waals surface area contributed by atoms with Crippen molar-refractivity contribution in [3.8, 4) is 5.75 Å². The number of phenols is 1. The molecule has 1 N–H and O–H groups in total. The fourth-order valence-corrected chi connectivity index (χ4v) is 4.21. The lowest BCUT2D eigenvalue weighted by atomic mass is 10.2. The van der Waals surface area contributed by atoms with Gasteiger partial charge in [-0.15, -0.1) is 0 Å². The van der Waals surface area contributed by atoms with Gasteiger partial charge in [0.2, 0.25) is 10.5 Å². The minimum absolute atomic E-state index is 0.227. The van der Waals surface area contributed by atoms with E-state index >= 15 is 0 Å². The SMILES string of the molecule is CC[n+]1c(C)sc2ccccc21.Cc1ccc(O)cc1S(=O)(=O)[O-]. The van der Waals surface area contributed by atoms with Crippen molar-refractivity contribution in [3.05, 3.63) is 53.0 Å². The predicted octanol–water partition coefficient (Wildman–Crippen LogP) is 3.12. The Morgan fingerprint density at radius 3 is 2.42 bits per heavy atom. The number of para-hydroxylation sites is 1. The van der Waals surface area contributed by atoms with Gasteiger partial charge < -0.3 is 9.66 Å². The molecule has 0 fully saturated rings. The molecule has 0 aliphatic rings.